The normalized spacial score (nSPS) is 20.8. The summed E-state index contributed by atoms with van der Waals surface area (Å²) in [5.41, 5.74) is 0. The number of hydrogen-bond donors (Lipinski definition) is 2. The van der Waals surface area contributed by atoms with E-state index < -0.39 is 0 Å². The number of amides is 1. The first kappa shape index (κ1) is 18.7. The molecule has 1 aliphatic heterocycles. The molecule has 0 saturated carbocycles. The lowest BCUT2D eigenvalue weighted by molar-refractivity contribution is -0.122. The summed E-state index contributed by atoms with van der Waals surface area (Å²) in [6, 6.07) is 6.46. The number of halogens is 2. The maximum absolute atomic E-state index is 12.7. The van der Waals surface area contributed by atoms with Crippen LogP contribution in [0.15, 0.2) is 24.3 Å². The van der Waals surface area contributed by atoms with Crippen molar-refractivity contribution >= 4 is 18.3 Å². The molecule has 4 nitrogen and oxygen atoms in total. The first-order chi connectivity index (χ1) is 10.1. The van der Waals surface area contributed by atoms with Crippen molar-refractivity contribution in [2.24, 2.45) is 0 Å². The third kappa shape index (κ3) is 6.20. The lowest BCUT2D eigenvalue weighted by Crippen LogP contribution is -2.51. The van der Waals surface area contributed by atoms with Gasteiger partial charge in [-0.2, -0.15) is 0 Å². The van der Waals surface area contributed by atoms with Crippen molar-refractivity contribution < 1.29 is 13.9 Å². The Balaban J connectivity index is 0.00000242. The molecule has 2 atom stereocenters. The van der Waals surface area contributed by atoms with Crippen LogP contribution in [0, 0.1) is 5.82 Å². The zero-order valence-corrected chi connectivity index (χ0v) is 13.6. The van der Waals surface area contributed by atoms with E-state index in [1.165, 1.54) is 12.1 Å². The molecule has 0 aromatic heterocycles. The molecule has 1 heterocycles. The number of carbonyl (C=O) groups excluding carboxylic acids is 1. The summed E-state index contributed by atoms with van der Waals surface area (Å²) in [5.74, 6) is 0.414. The van der Waals surface area contributed by atoms with E-state index in [-0.39, 0.29) is 30.2 Å². The van der Waals surface area contributed by atoms with E-state index in [9.17, 15) is 9.18 Å². The molecule has 0 spiro atoms. The highest BCUT2D eigenvalue weighted by atomic mass is 35.5. The minimum absolute atomic E-state index is 0. The zero-order chi connectivity index (χ0) is 15.1. The summed E-state index contributed by atoms with van der Waals surface area (Å²) >= 11 is 0. The van der Waals surface area contributed by atoms with Gasteiger partial charge in [0.25, 0.3) is 0 Å². The fourth-order valence-electron chi connectivity index (χ4n) is 2.47. The van der Waals surface area contributed by atoms with Crippen LogP contribution in [0.4, 0.5) is 4.39 Å². The molecule has 0 aliphatic carbocycles. The Morgan fingerprint density at radius 1 is 1.41 bits per heavy atom. The van der Waals surface area contributed by atoms with Gasteiger partial charge in [0, 0.05) is 18.5 Å². The molecule has 1 amide bonds. The lowest BCUT2D eigenvalue weighted by atomic mass is 10.00. The second-order valence-corrected chi connectivity index (χ2v) is 5.46. The predicted octanol–water partition coefficient (Wildman–Crippen LogP) is 2.66. The first-order valence-corrected chi connectivity index (χ1v) is 7.56. The maximum Gasteiger partial charge on any atom is 0.220 e. The van der Waals surface area contributed by atoms with Gasteiger partial charge in [-0.3, -0.25) is 4.79 Å². The number of rotatable bonds is 6. The highest BCUT2D eigenvalue weighted by Crippen LogP contribution is 2.12. The summed E-state index contributed by atoms with van der Waals surface area (Å²) in [6.45, 7) is 3.58. The molecule has 1 aromatic rings. The Morgan fingerprint density at radius 3 is 2.82 bits per heavy atom. The summed E-state index contributed by atoms with van der Waals surface area (Å²) in [5, 5.41) is 6.43. The van der Waals surface area contributed by atoms with E-state index in [4.69, 9.17) is 4.74 Å². The van der Waals surface area contributed by atoms with Crippen LogP contribution < -0.4 is 15.4 Å². The SMILES string of the molecule is CC1NCCCC1NC(=O)CCCOc1ccc(F)cc1.Cl. The molecule has 22 heavy (non-hydrogen) atoms. The topological polar surface area (TPSA) is 50.4 Å². The van der Waals surface area contributed by atoms with Gasteiger partial charge >= 0.3 is 0 Å². The highest BCUT2D eigenvalue weighted by molar-refractivity contribution is 5.85. The van der Waals surface area contributed by atoms with Crippen LogP contribution in [0.2, 0.25) is 0 Å². The van der Waals surface area contributed by atoms with Gasteiger partial charge < -0.3 is 15.4 Å². The van der Waals surface area contributed by atoms with Crippen molar-refractivity contribution in [2.45, 2.75) is 44.7 Å². The van der Waals surface area contributed by atoms with Crippen LogP contribution >= 0.6 is 12.4 Å². The van der Waals surface area contributed by atoms with E-state index >= 15 is 0 Å². The smallest absolute Gasteiger partial charge is 0.220 e. The Kier molecular flexibility index (Phi) is 8.20. The van der Waals surface area contributed by atoms with Crippen LogP contribution in [0.25, 0.3) is 0 Å². The van der Waals surface area contributed by atoms with Crippen molar-refractivity contribution in [1.29, 1.82) is 0 Å². The minimum atomic E-state index is -0.281. The summed E-state index contributed by atoms with van der Waals surface area (Å²) in [7, 11) is 0. The fourth-order valence-corrected chi connectivity index (χ4v) is 2.47. The third-order valence-electron chi connectivity index (χ3n) is 3.74. The van der Waals surface area contributed by atoms with Crippen LogP contribution in [0.3, 0.4) is 0 Å². The van der Waals surface area contributed by atoms with Crippen LogP contribution in [-0.4, -0.2) is 31.1 Å². The number of hydrogen-bond acceptors (Lipinski definition) is 3. The highest BCUT2D eigenvalue weighted by Gasteiger charge is 2.21. The van der Waals surface area contributed by atoms with Crippen molar-refractivity contribution in [1.82, 2.24) is 10.6 Å². The Morgan fingerprint density at radius 2 is 2.14 bits per heavy atom. The lowest BCUT2D eigenvalue weighted by Gasteiger charge is -2.30. The Hall–Kier alpha value is -1.33. The van der Waals surface area contributed by atoms with Crippen LogP contribution in [0.1, 0.15) is 32.6 Å². The number of nitrogens with one attached hydrogen (secondary N) is 2. The van der Waals surface area contributed by atoms with E-state index in [1.54, 1.807) is 12.1 Å². The van der Waals surface area contributed by atoms with Gasteiger partial charge in [0.2, 0.25) is 5.91 Å². The Labute approximate surface area is 137 Å². The van der Waals surface area contributed by atoms with Gasteiger partial charge in [0.1, 0.15) is 11.6 Å². The number of carbonyl (C=O) groups is 1. The monoisotopic (exact) mass is 330 g/mol. The Bertz CT molecular complexity index is 456. The van der Waals surface area contributed by atoms with Crippen molar-refractivity contribution in [2.75, 3.05) is 13.2 Å². The minimum Gasteiger partial charge on any atom is -0.494 e. The van der Waals surface area contributed by atoms with Crippen LogP contribution in [-0.2, 0) is 4.79 Å². The third-order valence-corrected chi connectivity index (χ3v) is 3.74. The maximum atomic E-state index is 12.7. The van der Waals surface area contributed by atoms with E-state index in [0.29, 0.717) is 31.2 Å². The van der Waals surface area contributed by atoms with Gasteiger partial charge in [0.15, 0.2) is 0 Å². The second kappa shape index (κ2) is 9.64. The molecule has 1 aromatic carbocycles. The van der Waals surface area contributed by atoms with Gasteiger partial charge in [-0.05, 0) is 57.0 Å². The number of benzene rings is 1. The molecule has 2 unspecified atom stereocenters. The summed E-state index contributed by atoms with van der Waals surface area (Å²) in [6.07, 6.45) is 3.23. The molecule has 2 N–H and O–H groups in total. The summed E-state index contributed by atoms with van der Waals surface area (Å²) < 4.78 is 18.2. The number of ether oxygens (including phenoxy) is 1. The van der Waals surface area contributed by atoms with Gasteiger partial charge in [-0.15, -0.1) is 12.4 Å². The van der Waals surface area contributed by atoms with Gasteiger partial charge in [-0.1, -0.05) is 0 Å². The van der Waals surface area contributed by atoms with Crippen molar-refractivity contribution in [3.63, 3.8) is 0 Å². The van der Waals surface area contributed by atoms with Crippen molar-refractivity contribution in [3.8, 4) is 5.75 Å². The largest absolute Gasteiger partial charge is 0.494 e. The van der Waals surface area contributed by atoms with E-state index in [1.807, 2.05) is 0 Å². The molecule has 6 heteroatoms. The standard InChI is InChI=1S/C16H23FN2O2.ClH/c1-12-15(4-2-10-18-12)19-16(20)5-3-11-21-14-8-6-13(17)7-9-14;/h6-9,12,15,18H,2-5,10-11H2,1H3,(H,19,20);1H. The molecular formula is C16H24ClFN2O2. The van der Waals surface area contributed by atoms with E-state index in [2.05, 4.69) is 17.6 Å². The molecule has 124 valence electrons. The molecular weight excluding hydrogens is 307 g/mol. The van der Waals surface area contributed by atoms with Gasteiger partial charge in [-0.25, -0.2) is 4.39 Å². The molecule has 1 aliphatic rings. The van der Waals surface area contributed by atoms with Gasteiger partial charge in [0.05, 0.1) is 6.61 Å². The average Bonchev–Trinajstić information content (AvgIpc) is 2.48. The number of piperidine rings is 1. The molecule has 1 fully saturated rings. The average molecular weight is 331 g/mol. The summed E-state index contributed by atoms with van der Waals surface area (Å²) in [4.78, 5) is 11.9. The molecule has 0 radical (unpaired) electrons. The molecule has 1 saturated heterocycles. The first-order valence-electron chi connectivity index (χ1n) is 7.56. The molecule has 2 rings (SSSR count). The van der Waals surface area contributed by atoms with Crippen molar-refractivity contribution in [3.05, 3.63) is 30.1 Å². The predicted molar refractivity (Wildman–Crippen MR) is 87.0 cm³/mol. The van der Waals surface area contributed by atoms with Crippen LogP contribution in [0.5, 0.6) is 5.75 Å². The van der Waals surface area contributed by atoms with E-state index in [0.717, 1.165) is 19.4 Å². The fraction of sp³-hybridized carbons (Fsp3) is 0.562. The second-order valence-electron chi connectivity index (χ2n) is 5.46. The zero-order valence-electron chi connectivity index (χ0n) is 12.8. The quantitative estimate of drug-likeness (QED) is 0.788. The molecule has 0 bridgehead atoms.